The Morgan fingerprint density at radius 3 is 2.78 bits per heavy atom. The predicted molar refractivity (Wildman–Crippen MR) is 90.0 cm³/mol. The Hall–Kier alpha value is -1.27. The summed E-state index contributed by atoms with van der Waals surface area (Å²) in [6.07, 6.45) is 8.27. The van der Waals surface area contributed by atoms with E-state index in [-0.39, 0.29) is 0 Å². The van der Waals surface area contributed by atoms with Crippen LogP contribution in [0.15, 0.2) is 5.38 Å². The SMILES string of the molecule is Cc1nc(Cc2nc([C@@H]3CCOC3)nn2C2CCCCC2)cs1. The van der Waals surface area contributed by atoms with Gasteiger partial charge in [0.2, 0.25) is 0 Å². The van der Waals surface area contributed by atoms with Crippen LogP contribution in [-0.4, -0.2) is 33.0 Å². The lowest BCUT2D eigenvalue weighted by molar-refractivity contribution is 0.193. The van der Waals surface area contributed by atoms with E-state index in [9.17, 15) is 0 Å². The lowest BCUT2D eigenvalue weighted by Gasteiger charge is -2.23. The van der Waals surface area contributed by atoms with E-state index in [0.29, 0.717) is 12.0 Å². The molecule has 5 nitrogen and oxygen atoms in total. The summed E-state index contributed by atoms with van der Waals surface area (Å²) >= 11 is 1.71. The summed E-state index contributed by atoms with van der Waals surface area (Å²) in [5.74, 6) is 2.44. The number of hydrogen-bond acceptors (Lipinski definition) is 5. The molecule has 0 bridgehead atoms. The van der Waals surface area contributed by atoms with Gasteiger partial charge >= 0.3 is 0 Å². The molecule has 0 amide bonds. The Bertz CT molecular complexity index is 653. The highest BCUT2D eigenvalue weighted by atomic mass is 32.1. The first-order valence-corrected chi connectivity index (χ1v) is 9.61. The lowest BCUT2D eigenvalue weighted by atomic mass is 9.95. The van der Waals surface area contributed by atoms with Crippen molar-refractivity contribution in [3.05, 3.63) is 27.7 Å². The van der Waals surface area contributed by atoms with Crippen molar-refractivity contribution < 1.29 is 4.74 Å². The first-order chi connectivity index (χ1) is 11.3. The second-order valence-corrected chi connectivity index (χ2v) is 7.78. The highest BCUT2D eigenvalue weighted by molar-refractivity contribution is 7.09. The maximum Gasteiger partial charge on any atom is 0.156 e. The van der Waals surface area contributed by atoms with Crippen LogP contribution in [0.25, 0.3) is 0 Å². The van der Waals surface area contributed by atoms with Gasteiger partial charge in [-0.2, -0.15) is 5.10 Å². The van der Waals surface area contributed by atoms with Gasteiger partial charge in [-0.1, -0.05) is 19.3 Å². The molecule has 3 heterocycles. The second-order valence-electron chi connectivity index (χ2n) is 6.72. The molecule has 1 atom stereocenters. The second kappa shape index (κ2) is 6.69. The molecule has 6 heteroatoms. The highest BCUT2D eigenvalue weighted by Crippen LogP contribution is 2.31. The molecule has 4 rings (SSSR count). The zero-order valence-corrected chi connectivity index (χ0v) is 14.5. The lowest BCUT2D eigenvalue weighted by Crippen LogP contribution is -2.17. The van der Waals surface area contributed by atoms with Crippen LogP contribution in [0.3, 0.4) is 0 Å². The Balaban J connectivity index is 1.63. The number of ether oxygens (including phenoxy) is 1. The Labute approximate surface area is 141 Å². The molecule has 2 aliphatic rings. The Morgan fingerprint density at radius 2 is 2.09 bits per heavy atom. The Morgan fingerprint density at radius 1 is 1.22 bits per heavy atom. The van der Waals surface area contributed by atoms with Crippen molar-refractivity contribution in [2.75, 3.05) is 13.2 Å². The number of rotatable bonds is 4. The number of aromatic nitrogens is 4. The first-order valence-electron chi connectivity index (χ1n) is 8.73. The fraction of sp³-hybridized carbons (Fsp3) is 0.706. The van der Waals surface area contributed by atoms with Gasteiger partial charge in [0.15, 0.2) is 5.82 Å². The summed E-state index contributed by atoms with van der Waals surface area (Å²) < 4.78 is 7.75. The van der Waals surface area contributed by atoms with Crippen molar-refractivity contribution in [1.82, 2.24) is 19.7 Å². The summed E-state index contributed by atoms with van der Waals surface area (Å²) in [6.45, 7) is 3.66. The summed E-state index contributed by atoms with van der Waals surface area (Å²) in [5.41, 5.74) is 1.12. The normalized spacial score (nSPS) is 22.7. The molecule has 1 aliphatic carbocycles. The van der Waals surface area contributed by atoms with Crippen LogP contribution in [0, 0.1) is 6.92 Å². The van der Waals surface area contributed by atoms with Gasteiger partial charge in [-0.3, -0.25) is 0 Å². The van der Waals surface area contributed by atoms with Gasteiger partial charge in [0.25, 0.3) is 0 Å². The van der Waals surface area contributed by atoms with Gasteiger partial charge in [-0.25, -0.2) is 14.6 Å². The first kappa shape index (κ1) is 15.3. The average Bonchev–Trinajstić information content (AvgIpc) is 3.29. The van der Waals surface area contributed by atoms with Crippen molar-refractivity contribution in [2.45, 2.75) is 63.8 Å². The average molecular weight is 332 g/mol. The van der Waals surface area contributed by atoms with Crippen molar-refractivity contribution in [3.63, 3.8) is 0 Å². The maximum atomic E-state index is 5.53. The molecule has 1 saturated heterocycles. The minimum absolute atomic E-state index is 0.371. The molecule has 2 aromatic heterocycles. The molecule has 0 spiro atoms. The molecule has 0 N–H and O–H groups in total. The third-order valence-corrected chi connectivity index (χ3v) is 5.76. The van der Waals surface area contributed by atoms with Crippen LogP contribution in [0.4, 0.5) is 0 Å². The van der Waals surface area contributed by atoms with E-state index in [4.69, 9.17) is 14.8 Å². The molecular weight excluding hydrogens is 308 g/mol. The molecule has 2 aromatic rings. The number of aryl methyl sites for hydroxylation is 1. The summed E-state index contributed by atoms with van der Waals surface area (Å²) in [4.78, 5) is 9.52. The van der Waals surface area contributed by atoms with Crippen molar-refractivity contribution in [3.8, 4) is 0 Å². The number of hydrogen-bond donors (Lipinski definition) is 0. The molecule has 0 radical (unpaired) electrons. The van der Waals surface area contributed by atoms with Crippen LogP contribution in [0.2, 0.25) is 0 Å². The summed E-state index contributed by atoms with van der Waals surface area (Å²) in [5, 5.41) is 8.19. The highest BCUT2D eigenvalue weighted by Gasteiger charge is 2.27. The quantitative estimate of drug-likeness (QED) is 0.858. The third kappa shape index (κ3) is 3.33. The van der Waals surface area contributed by atoms with Gasteiger partial charge in [0, 0.05) is 17.9 Å². The third-order valence-electron chi connectivity index (χ3n) is 4.94. The monoisotopic (exact) mass is 332 g/mol. The summed E-state index contributed by atoms with van der Waals surface area (Å²) in [7, 11) is 0. The van der Waals surface area contributed by atoms with E-state index in [1.807, 2.05) is 0 Å². The molecule has 23 heavy (non-hydrogen) atoms. The predicted octanol–water partition coefficient (Wildman–Crippen LogP) is 3.64. The van der Waals surface area contributed by atoms with Crippen molar-refractivity contribution in [2.24, 2.45) is 0 Å². The van der Waals surface area contributed by atoms with E-state index in [0.717, 1.165) is 48.4 Å². The largest absolute Gasteiger partial charge is 0.381 e. The van der Waals surface area contributed by atoms with Crippen molar-refractivity contribution in [1.29, 1.82) is 0 Å². The van der Waals surface area contributed by atoms with E-state index in [1.165, 1.54) is 32.1 Å². The standard InChI is InChI=1S/C17H24N4OS/c1-12-18-14(11-23-12)9-16-19-17(13-7-8-22-10-13)20-21(16)15-5-3-2-4-6-15/h11,13,15H,2-10H2,1H3/t13-/m1/s1. The molecule has 1 saturated carbocycles. The van der Waals surface area contributed by atoms with E-state index >= 15 is 0 Å². The van der Waals surface area contributed by atoms with Crippen LogP contribution < -0.4 is 0 Å². The molecule has 124 valence electrons. The topological polar surface area (TPSA) is 52.8 Å². The zero-order valence-electron chi connectivity index (χ0n) is 13.7. The minimum Gasteiger partial charge on any atom is -0.381 e. The summed E-state index contributed by atoms with van der Waals surface area (Å²) in [6, 6.07) is 0.516. The van der Waals surface area contributed by atoms with E-state index in [2.05, 4.69) is 22.0 Å². The van der Waals surface area contributed by atoms with E-state index in [1.54, 1.807) is 11.3 Å². The Kier molecular flexibility index (Phi) is 4.44. The fourth-order valence-electron chi connectivity index (χ4n) is 3.67. The fourth-order valence-corrected chi connectivity index (χ4v) is 4.29. The number of thiazole rings is 1. The van der Waals surface area contributed by atoms with Crippen molar-refractivity contribution >= 4 is 11.3 Å². The van der Waals surface area contributed by atoms with Crippen LogP contribution in [-0.2, 0) is 11.2 Å². The minimum atomic E-state index is 0.371. The van der Waals surface area contributed by atoms with Gasteiger partial charge in [0.1, 0.15) is 5.82 Å². The van der Waals surface area contributed by atoms with E-state index < -0.39 is 0 Å². The zero-order chi connectivity index (χ0) is 15.6. The van der Waals surface area contributed by atoms with Crippen LogP contribution in [0.1, 0.15) is 72.8 Å². The molecule has 0 aromatic carbocycles. The van der Waals surface area contributed by atoms with Crippen LogP contribution in [0.5, 0.6) is 0 Å². The molecule has 0 unspecified atom stereocenters. The smallest absolute Gasteiger partial charge is 0.156 e. The number of nitrogens with zero attached hydrogens (tertiary/aromatic N) is 4. The van der Waals surface area contributed by atoms with Gasteiger partial charge in [-0.15, -0.1) is 11.3 Å². The molecule has 1 aliphatic heterocycles. The molecule has 2 fully saturated rings. The molecular formula is C17H24N4OS. The van der Waals surface area contributed by atoms with Gasteiger partial charge in [-0.05, 0) is 26.2 Å². The van der Waals surface area contributed by atoms with Gasteiger partial charge < -0.3 is 4.74 Å². The maximum absolute atomic E-state index is 5.53. The van der Waals surface area contributed by atoms with Crippen LogP contribution >= 0.6 is 11.3 Å². The van der Waals surface area contributed by atoms with Gasteiger partial charge in [0.05, 0.1) is 29.8 Å².